The third kappa shape index (κ3) is 3.74. The Hall–Kier alpha value is -0.450. The molecule has 1 unspecified atom stereocenters. The molecule has 3 nitrogen and oxygen atoms in total. The van der Waals surface area contributed by atoms with Crippen molar-refractivity contribution in [2.75, 3.05) is 19.8 Å². The molecule has 4 heteroatoms. The van der Waals surface area contributed by atoms with Gasteiger partial charge in [0.05, 0.1) is 23.9 Å². The average molecular weight is 214 g/mol. The van der Waals surface area contributed by atoms with Crippen molar-refractivity contribution >= 4 is 11.3 Å². The van der Waals surface area contributed by atoms with Gasteiger partial charge in [-0.15, -0.1) is 11.3 Å². The zero-order valence-corrected chi connectivity index (χ0v) is 9.64. The maximum absolute atomic E-state index is 5.52. The molecule has 0 aliphatic heterocycles. The Morgan fingerprint density at radius 2 is 2.43 bits per heavy atom. The Balaban J connectivity index is 2.39. The van der Waals surface area contributed by atoms with Crippen LogP contribution < -0.4 is 5.32 Å². The van der Waals surface area contributed by atoms with Gasteiger partial charge >= 0.3 is 0 Å². The molecule has 1 N–H and O–H groups in total. The number of ether oxygens (including phenoxy) is 1. The van der Waals surface area contributed by atoms with Crippen molar-refractivity contribution in [2.24, 2.45) is 0 Å². The van der Waals surface area contributed by atoms with Crippen molar-refractivity contribution in [3.05, 3.63) is 16.6 Å². The van der Waals surface area contributed by atoms with Gasteiger partial charge in [-0.25, -0.2) is 4.98 Å². The molecule has 0 saturated carbocycles. The summed E-state index contributed by atoms with van der Waals surface area (Å²) in [7, 11) is 0. The zero-order valence-electron chi connectivity index (χ0n) is 8.82. The lowest BCUT2D eigenvalue weighted by molar-refractivity contribution is 0.111. The van der Waals surface area contributed by atoms with E-state index >= 15 is 0 Å². The molecule has 0 bridgehead atoms. The van der Waals surface area contributed by atoms with Gasteiger partial charge in [-0.1, -0.05) is 13.8 Å². The van der Waals surface area contributed by atoms with Gasteiger partial charge in [0.1, 0.15) is 0 Å². The van der Waals surface area contributed by atoms with Crippen LogP contribution in [0.3, 0.4) is 0 Å². The van der Waals surface area contributed by atoms with Crippen LogP contribution in [0.1, 0.15) is 32.0 Å². The topological polar surface area (TPSA) is 34.1 Å². The highest BCUT2D eigenvalue weighted by Gasteiger charge is 2.11. The molecule has 1 heterocycles. The van der Waals surface area contributed by atoms with E-state index in [1.807, 2.05) is 5.51 Å². The van der Waals surface area contributed by atoms with Crippen LogP contribution in [0.2, 0.25) is 0 Å². The number of rotatable bonds is 7. The Kier molecular flexibility index (Phi) is 5.75. The molecule has 80 valence electrons. The van der Waals surface area contributed by atoms with Crippen LogP contribution in [-0.2, 0) is 4.74 Å². The highest BCUT2D eigenvalue weighted by Crippen LogP contribution is 2.13. The predicted molar refractivity (Wildman–Crippen MR) is 59.6 cm³/mol. The van der Waals surface area contributed by atoms with Gasteiger partial charge in [0.25, 0.3) is 0 Å². The number of thiazole rings is 1. The Bertz CT molecular complexity index is 226. The second kappa shape index (κ2) is 6.92. The Morgan fingerprint density at radius 1 is 1.57 bits per heavy atom. The fourth-order valence-electron chi connectivity index (χ4n) is 1.23. The Morgan fingerprint density at radius 3 is 3.00 bits per heavy atom. The molecule has 1 rings (SSSR count). The first-order valence-electron chi connectivity index (χ1n) is 5.07. The van der Waals surface area contributed by atoms with Crippen molar-refractivity contribution in [1.82, 2.24) is 10.3 Å². The van der Waals surface area contributed by atoms with Crippen molar-refractivity contribution in [1.29, 1.82) is 0 Å². The van der Waals surface area contributed by atoms with E-state index in [1.165, 1.54) is 0 Å². The number of likely N-dealkylation sites (N-methyl/N-ethyl adjacent to an activating group) is 1. The van der Waals surface area contributed by atoms with Crippen LogP contribution in [0, 0.1) is 0 Å². The normalized spacial score (nSPS) is 13.0. The SMILES string of the molecule is CCCOCC(NCC)c1cscn1. The third-order valence-electron chi connectivity index (χ3n) is 1.89. The van der Waals surface area contributed by atoms with Gasteiger partial charge < -0.3 is 10.1 Å². The van der Waals surface area contributed by atoms with Crippen LogP contribution >= 0.6 is 11.3 Å². The highest BCUT2D eigenvalue weighted by atomic mass is 32.1. The lowest BCUT2D eigenvalue weighted by atomic mass is 10.2. The average Bonchev–Trinajstić information content (AvgIpc) is 2.70. The molecule has 0 aliphatic rings. The summed E-state index contributed by atoms with van der Waals surface area (Å²) in [5, 5.41) is 5.44. The van der Waals surface area contributed by atoms with Crippen LogP contribution in [0.25, 0.3) is 0 Å². The lowest BCUT2D eigenvalue weighted by Crippen LogP contribution is -2.25. The molecular formula is C10H18N2OS. The summed E-state index contributed by atoms with van der Waals surface area (Å²) in [6.07, 6.45) is 1.07. The first-order chi connectivity index (χ1) is 6.88. The first kappa shape index (κ1) is 11.6. The van der Waals surface area contributed by atoms with Crippen LogP contribution in [-0.4, -0.2) is 24.7 Å². The Labute approximate surface area is 89.5 Å². The molecule has 1 atom stereocenters. The number of aromatic nitrogens is 1. The van der Waals surface area contributed by atoms with Gasteiger partial charge in [-0.3, -0.25) is 0 Å². The van der Waals surface area contributed by atoms with E-state index in [0.717, 1.165) is 25.3 Å². The molecule has 0 aliphatic carbocycles. The van der Waals surface area contributed by atoms with E-state index in [2.05, 4.69) is 29.5 Å². The fraction of sp³-hybridized carbons (Fsp3) is 0.700. The van der Waals surface area contributed by atoms with Crippen molar-refractivity contribution in [3.8, 4) is 0 Å². The second-order valence-electron chi connectivity index (χ2n) is 3.10. The minimum absolute atomic E-state index is 0.248. The smallest absolute Gasteiger partial charge is 0.0795 e. The predicted octanol–water partition coefficient (Wildman–Crippen LogP) is 2.22. The molecule has 0 amide bonds. The van der Waals surface area contributed by atoms with E-state index in [9.17, 15) is 0 Å². The van der Waals surface area contributed by atoms with Gasteiger partial charge in [0.2, 0.25) is 0 Å². The lowest BCUT2D eigenvalue weighted by Gasteiger charge is -2.15. The standard InChI is InChI=1S/C10H18N2OS/c1-3-5-13-6-9(11-4-2)10-7-14-8-12-10/h7-9,11H,3-6H2,1-2H3. The molecule has 1 aromatic rings. The first-order valence-corrected chi connectivity index (χ1v) is 6.02. The molecule has 0 spiro atoms. The zero-order chi connectivity index (χ0) is 10.2. The number of hydrogen-bond acceptors (Lipinski definition) is 4. The minimum Gasteiger partial charge on any atom is -0.379 e. The van der Waals surface area contributed by atoms with E-state index in [-0.39, 0.29) is 6.04 Å². The highest BCUT2D eigenvalue weighted by molar-refractivity contribution is 7.07. The summed E-state index contributed by atoms with van der Waals surface area (Å²) in [5.74, 6) is 0. The number of nitrogens with one attached hydrogen (secondary N) is 1. The van der Waals surface area contributed by atoms with Crippen LogP contribution in [0.5, 0.6) is 0 Å². The van der Waals surface area contributed by atoms with Gasteiger partial charge in [-0.05, 0) is 13.0 Å². The summed E-state index contributed by atoms with van der Waals surface area (Å²) >= 11 is 1.63. The molecule has 0 saturated heterocycles. The van der Waals surface area contributed by atoms with Crippen molar-refractivity contribution in [2.45, 2.75) is 26.3 Å². The third-order valence-corrected chi connectivity index (χ3v) is 2.50. The molecule has 0 fully saturated rings. The minimum atomic E-state index is 0.248. The maximum atomic E-state index is 5.52. The van der Waals surface area contributed by atoms with E-state index in [4.69, 9.17) is 4.74 Å². The second-order valence-corrected chi connectivity index (χ2v) is 3.82. The summed E-state index contributed by atoms with van der Waals surface area (Å²) in [6, 6.07) is 0.248. The molecule has 0 radical (unpaired) electrons. The molecule has 0 aromatic carbocycles. The summed E-state index contributed by atoms with van der Waals surface area (Å²) in [6.45, 7) is 6.69. The number of nitrogens with zero attached hydrogens (tertiary/aromatic N) is 1. The van der Waals surface area contributed by atoms with E-state index in [0.29, 0.717) is 6.61 Å². The van der Waals surface area contributed by atoms with Crippen LogP contribution in [0.4, 0.5) is 0 Å². The number of hydrogen-bond donors (Lipinski definition) is 1. The summed E-state index contributed by atoms with van der Waals surface area (Å²) < 4.78 is 5.52. The quantitative estimate of drug-likeness (QED) is 0.707. The van der Waals surface area contributed by atoms with E-state index in [1.54, 1.807) is 11.3 Å². The molecule has 14 heavy (non-hydrogen) atoms. The van der Waals surface area contributed by atoms with Crippen LogP contribution in [0.15, 0.2) is 10.9 Å². The van der Waals surface area contributed by atoms with Gasteiger partial charge in [0.15, 0.2) is 0 Å². The summed E-state index contributed by atoms with van der Waals surface area (Å²) in [5.41, 5.74) is 2.95. The molecule has 1 aromatic heterocycles. The van der Waals surface area contributed by atoms with Gasteiger partial charge in [-0.2, -0.15) is 0 Å². The van der Waals surface area contributed by atoms with E-state index < -0.39 is 0 Å². The maximum Gasteiger partial charge on any atom is 0.0795 e. The van der Waals surface area contributed by atoms with Crippen molar-refractivity contribution in [3.63, 3.8) is 0 Å². The largest absolute Gasteiger partial charge is 0.379 e. The fourth-order valence-corrected chi connectivity index (χ4v) is 1.84. The van der Waals surface area contributed by atoms with Crippen molar-refractivity contribution < 1.29 is 4.74 Å². The monoisotopic (exact) mass is 214 g/mol. The molecular weight excluding hydrogens is 196 g/mol. The summed E-state index contributed by atoms with van der Waals surface area (Å²) in [4.78, 5) is 4.29. The van der Waals surface area contributed by atoms with Gasteiger partial charge in [0, 0.05) is 12.0 Å².